The summed E-state index contributed by atoms with van der Waals surface area (Å²) in [5.74, 6) is 2.72. The van der Waals surface area contributed by atoms with E-state index < -0.39 is 0 Å². The molecule has 0 aromatic heterocycles. The predicted molar refractivity (Wildman–Crippen MR) is 79.3 cm³/mol. The first kappa shape index (κ1) is 16.5. The van der Waals surface area contributed by atoms with E-state index in [1.54, 1.807) is 0 Å². The van der Waals surface area contributed by atoms with Gasteiger partial charge in [-0.3, -0.25) is 0 Å². The van der Waals surface area contributed by atoms with E-state index in [1.807, 2.05) is 0 Å². The molecule has 0 nitrogen and oxygen atoms in total. The van der Waals surface area contributed by atoms with Crippen molar-refractivity contribution in [1.29, 1.82) is 0 Å². The lowest BCUT2D eigenvalue weighted by Crippen LogP contribution is -2.03. The molecule has 0 fully saturated rings. The molecule has 0 rings (SSSR count). The molecule has 0 aliphatic heterocycles. The van der Waals surface area contributed by atoms with Crippen LogP contribution in [0.4, 0.5) is 0 Å². The van der Waals surface area contributed by atoms with E-state index in [0.717, 1.165) is 17.8 Å². The van der Waals surface area contributed by atoms with Crippen molar-refractivity contribution in [2.45, 2.75) is 72.6 Å². The second kappa shape index (κ2) is 10.6. The van der Waals surface area contributed by atoms with Gasteiger partial charge in [0.05, 0.1) is 0 Å². The maximum Gasteiger partial charge on any atom is 0.00339 e. The van der Waals surface area contributed by atoms with Gasteiger partial charge < -0.3 is 0 Å². The highest BCUT2D eigenvalue weighted by molar-refractivity contribution is 9.09. The molecule has 0 amide bonds. The summed E-state index contributed by atoms with van der Waals surface area (Å²) in [5, 5.41) is 1.18. The summed E-state index contributed by atoms with van der Waals surface area (Å²) in [7, 11) is 0. The van der Waals surface area contributed by atoms with Gasteiger partial charge in [-0.2, -0.15) is 0 Å². The van der Waals surface area contributed by atoms with Gasteiger partial charge in [0, 0.05) is 5.33 Å². The molecule has 16 heavy (non-hydrogen) atoms. The summed E-state index contributed by atoms with van der Waals surface area (Å²) < 4.78 is 0. The van der Waals surface area contributed by atoms with Gasteiger partial charge in [0.1, 0.15) is 0 Å². The van der Waals surface area contributed by atoms with Crippen molar-refractivity contribution in [3.05, 3.63) is 0 Å². The number of alkyl halides is 1. The zero-order valence-electron chi connectivity index (χ0n) is 11.8. The summed E-state index contributed by atoms with van der Waals surface area (Å²) in [4.78, 5) is 0. The lowest BCUT2D eigenvalue weighted by molar-refractivity contribution is 0.377. The van der Waals surface area contributed by atoms with E-state index >= 15 is 0 Å². The lowest BCUT2D eigenvalue weighted by atomic mass is 9.91. The van der Waals surface area contributed by atoms with Gasteiger partial charge in [-0.05, 0) is 24.2 Å². The molecule has 0 aromatic rings. The van der Waals surface area contributed by atoms with Gasteiger partial charge in [-0.1, -0.05) is 82.1 Å². The van der Waals surface area contributed by atoms with E-state index in [9.17, 15) is 0 Å². The van der Waals surface area contributed by atoms with E-state index in [2.05, 4.69) is 43.6 Å². The van der Waals surface area contributed by atoms with Gasteiger partial charge in [0.2, 0.25) is 0 Å². The average molecular weight is 291 g/mol. The number of halogens is 1. The zero-order valence-corrected chi connectivity index (χ0v) is 13.4. The largest absolute Gasteiger partial charge is 0.0928 e. The quantitative estimate of drug-likeness (QED) is 0.430. The predicted octanol–water partition coefficient (Wildman–Crippen LogP) is 6.04. The Kier molecular flexibility index (Phi) is 10.9. The topological polar surface area (TPSA) is 0 Å². The fraction of sp³-hybridized carbons (Fsp3) is 1.00. The molecule has 0 bridgehead atoms. The van der Waals surface area contributed by atoms with Crippen molar-refractivity contribution in [3.63, 3.8) is 0 Å². The average Bonchev–Trinajstić information content (AvgIpc) is 2.16. The lowest BCUT2D eigenvalue weighted by Gasteiger charge is -2.16. The Morgan fingerprint density at radius 1 is 0.688 bits per heavy atom. The molecule has 98 valence electrons. The van der Waals surface area contributed by atoms with Crippen molar-refractivity contribution >= 4 is 15.9 Å². The molecule has 0 aliphatic rings. The van der Waals surface area contributed by atoms with E-state index in [-0.39, 0.29) is 0 Å². The highest BCUT2D eigenvalue weighted by atomic mass is 79.9. The second-order valence-electron chi connectivity index (χ2n) is 5.99. The van der Waals surface area contributed by atoms with E-state index in [1.165, 1.54) is 50.3 Å². The smallest absolute Gasteiger partial charge is 0.00339 e. The molecule has 0 saturated heterocycles. The summed E-state index contributed by atoms with van der Waals surface area (Å²) in [6.07, 6.45) is 9.93. The maximum absolute atomic E-state index is 3.59. The minimum atomic E-state index is 0.875. The molecule has 0 aliphatic carbocycles. The first-order valence-electron chi connectivity index (χ1n) is 7.12. The van der Waals surface area contributed by atoms with Crippen molar-refractivity contribution in [2.75, 3.05) is 5.33 Å². The highest BCUT2D eigenvalue weighted by Gasteiger charge is 2.08. The number of hydrogen-bond donors (Lipinski definition) is 0. The standard InChI is InChI=1S/C15H31Br/c1-13(2)7-5-9-15(11-12-16)10-6-8-14(3)4/h13-15H,5-12H2,1-4H3. The molecule has 0 spiro atoms. The normalized spacial score (nSPS) is 12.0. The Morgan fingerprint density at radius 2 is 1.12 bits per heavy atom. The van der Waals surface area contributed by atoms with Crippen molar-refractivity contribution in [2.24, 2.45) is 17.8 Å². The zero-order chi connectivity index (χ0) is 12.4. The van der Waals surface area contributed by atoms with Crippen LogP contribution < -0.4 is 0 Å². The van der Waals surface area contributed by atoms with Crippen LogP contribution in [0.2, 0.25) is 0 Å². The Balaban J connectivity index is 3.61. The molecule has 0 unspecified atom stereocenters. The second-order valence-corrected chi connectivity index (χ2v) is 6.79. The summed E-state index contributed by atoms with van der Waals surface area (Å²) in [6, 6.07) is 0. The third kappa shape index (κ3) is 11.0. The van der Waals surface area contributed by atoms with Crippen LogP contribution >= 0.6 is 15.9 Å². The van der Waals surface area contributed by atoms with E-state index in [0.29, 0.717) is 0 Å². The molecular formula is C15H31Br. The van der Waals surface area contributed by atoms with Crippen LogP contribution in [-0.2, 0) is 0 Å². The minimum absolute atomic E-state index is 0.875. The highest BCUT2D eigenvalue weighted by Crippen LogP contribution is 2.23. The van der Waals surface area contributed by atoms with Crippen LogP contribution in [0, 0.1) is 17.8 Å². The van der Waals surface area contributed by atoms with Gasteiger partial charge in [0.25, 0.3) is 0 Å². The minimum Gasteiger partial charge on any atom is -0.0928 e. The van der Waals surface area contributed by atoms with Crippen molar-refractivity contribution in [3.8, 4) is 0 Å². The monoisotopic (exact) mass is 290 g/mol. The molecule has 0 N–H and O–H groups in total. The molecule has 0 atom stereocenters. The first-order valence-corrected chi connectivity index (χ1v) is 8.24. The van der Waals surface area contributed by atoms with Crippen LogP contribution in [0.15, 0.2) is 0 Å². The Labute approximate surface area is 112 Å². The fourth-order valence-corrected chi connectivity index (χ4v) is 2.86. The summed E-state index contributed by atoms with van der Waals surface area (Å²) >= 11 is 3.59. The van der Waals surface area contributed by atoms with Gasteiger partial charge in [-0.15, -0.1) is 0 Å². The van der Waals surface area contributed by atoms with Gasteiger partial charge in [-0.25, -0.2) is 0 Å². The Morgan fingerprint density at radius 3 is 1.44 bits per heavy atom. The molecule has 0 saturated carbocycles. The Hall–Kier alpha value is 0.480. The fourth-order valence-electron chi connectivity index (χ4n) is 2.22. The van der Waals surface area contributed by atoms with Crippen molar-refractivity contribution < 1.29 is 0 Å². The molecule has 0 heterocycles. The van der Waals surface area contributed by atoms with Crippen LogP contribution in [-0.4, -0.2) is 5.33 Å². The maximum atomic E-state index is 3.59. The van der Waals surface area contributed by atoms with Gasteiger partial charge in [0.15, 0.2) is 0 Å². The molecular weight excluding hydrogens is 260 g/mol. The third-order valence-corrected chi connectivity index (χ3v) is 3.76. The first-order chi connectivity index (χ1) is 7.56. The van der Waals surface area contributed by atoms with Gasteiger partial charge >= 0.3 is 0 Å². The van der Waals surface area contributed by atoms with Crippen LogP contribution in [0.25, 0.3) is 0 Å². The molecule has 0 aromatic carbocycles. The van der Waals surface area contributed by atoms with Crippen molar-refractivity contribution in [1.82, 2.24) is 0 Å². The molecule has 1 heteroatoms. The number of hydrogen-bond acceptors (Lipinski definition) is 0. The van der Waals surface area contributed by atoms with Crippen LogP contribution in [0.3, 0.4) is 0 Å². The SMILES string of the molecule is CC(C)CCCC(CCBr)CCCC(C)C. The van der Waals surface area contributed by atoms with Crippen LogP contribution in [0.5, 0.6) is 0 Å². The third-order valence-electron chi connectivity index (χ3n) is 3.31. The van der Waals surface area contributed by atoms with Crippen LogP contribution in [0.1, 0.15) is 72.6 Å². The summed E-state index contributed by atoms with van der Waals surface area (Å²) in [5.41, 5.74) is 0. The Bertz CT molecular complexity index is 126. The van der Waals surface area contributed by atoms with E-state index in [4.69, 9.17) is 0 Å². The number of rotatable bonds is 10. The molecule has 0 radical (unpaired) electrons. The summed E-state index contributed by atoms with van der Waals surface area (Å²) in [6.45, 7) is 9.33.